The molecule has 10 aromatic rings. The predicted octanol–water partition coefficient (Wildman–Crippen LogP) is 15.0. The summed E-state index contributed by atoms with van der Waals surface area (Å²) in [6, 6.07) is 70.9. The quantitative estimate of drug-likeness (QED) is 0.167. The van der Waals surface area contributed by atoms with E-state index in [-0.39, 0.29) is 0 Å². The van der Waals surface area contributed by atoms with Crippen molar-refractivity contribution in [3.8, 4) is 45.3 Å². The highest BCUT2D eigenvalue weighted by Crippen LogP contribution is 2.49. The van der Waals surface area contributed by atoms with E-state index >= 15 is 0 Å². The summed E-state index contributed by atoms with van der Waals surface area (Å²) in [7, 11) is 0. The normalized spacial score (nSPS) is 11.9. The second kappa shape index (κ2) is 12.6. The van der Waals surface area contributed by atoms with E-state index < -0.39 is 0 Å². The lowest BCUT2D eigenvalue weighted by Gasteiger charge is -2.27. The minimum atomic E-state index is 0.665. The molecule has 0 radical (unpaired) electrons. The average Bonchev–Trinajstić information content (AvgIpc) is 3.42. The fourth-order valence-electron chi connectivity index (χ4n) is 8.25. The molecule has 11 rings (SSSR count). The van der Waals surface area contributed by atoms with Gasteiger partial charge in [0.2, 0.25) is 0 Å². The maximum absolute atomic E-state index is 6.68. The molecule has 1 aliphatic rings. The van der Waals surface area contributed by atoms with Gasteiger partial charge in [-0.05, 0) is 108 Å². The van der Waals surface area contributed by atoms with Gasteiger partial charge in [0.05, 0.1) is 11.1 Å². The first kappa shape index (κ1) is 31.2. The van der Waals surface area contributed by atoms with E-state index in [1.54, 1.807) is 0 Å². The van der Waals surface area contributed by atoms with E-state index in [0.717, 1.165) is 44.9 Å². The molecular weight excluding hydrogens is 671 g/mol. The fourth-order valence-corrected chi connectivity index (χ4v) is 8.25. The Morgan fingerprint density at radius 1 is 0.273 bits per heavy atom. The van der Waals surface area contributed by atoms with Gasteiger partial charge in [-0.2, -0.15) is 0 Å². The van der Waals surface area contributed by atoms with Crippen molar-refractivity contribution >= 4 is 60.2 Å². The predicted molar refractivity (Wildman–Crippen MR) is 229 cm³/mol. The SMILES string of the molecule is c1ccc(-c2ccc(-c3ccc(N(c4ccc5c(c4)Oc4cccc6cccc(c46)O5)c4ccc5c6ccccc6c6ccccc6c5c4)cc3)cc2)cc1. The molecule has 0 saturated heterocycles. The molecule has 0 unspecified atom stereocenters. The van der Waals surface area contributed by atoms with E-state index in [2.05, 4.69) is 175 Å². The molecule has 3 heteroatoms. The van der Waals surface area contributed by atoms with Crippen molar-refractivity contribution in [2.24, 2.45) is 0 Å². The van der Waals surface area contributed by atoms with E-state index in [0.29, 0.717) is 11.5 Å². The highest BCUT2D eigenvalue weighted by Gasteiger charge is 2.22. The lowest BCUT2D eigenvalue weighted by Crippen LogP contribution is -2.10. The summed E-state index contributed by atoms with van der Waals surface area (Å²) in [6.07, 6.45) is 0. The maximum atomic E-state index is 6.68. The molecule has 0 amide bonds. The summed E-state index contributed by atoms with van der Waals surface area (Å²) < 4.78 is 13.2. The molecule has 0 bridgehead atoms. The van der Waals surface area contributed by atoms with Gasteiger partial charge in [-0.25, -0.2) is 0 Å². The smallest absolute Gasteiger partial charge is 0.172 e. The zero-order valence-electron chi connectivity index (χ0n) is 29.8. The van der Waals surface area contributed by atoms with Crippen LogP contribution in [-0.2, 0) is 0 Å². The van der Waals surface area contributed by atoms with Crippen LogP contribution in [0.4, 0.5) is 17.1 Å². The molecule has 0 N–H and O–H groups in total. The molecule has 1 aliphatic heterocycles. The molecule has 0 fully saturated rings. The minimum Gasteiger partial charge on any atom is -0.453 e. The zero-order chi connectivity index (χ0) is 36.3. The highest BCUT2D eigenvalue weighted by atomic mass is 16.5. The largest absolute Gasteiger partial charge is 0.453 e. The summed E-state index contributed by atoms with van der Waals surface area (Å²) in [5, 5.41) is 9.50. The van der Waals surface area contributed by atoms with Crippen LogP contribution in [0.1, 0.15) is 0 Å². The van der Waals surface area contributed by atoms with Crippen LogP contribution in [0.5, 0.6) is 23.0 Å². The molecule has 10 aromatic carbocycles. The first-order valence-corrected chi connectivity index (χ1v) is 18.7. The van der Waals surface area contributed by atoms with Gasteiger partial charge in [-0.15, -0.1) is 0 Å². The van der Waals surface area contributed by atoms with Gasteiger partial charge >= 0.3 is 0 Å². The van der Waals surface area contributed by atoms with Crippen LogP contribution in [0.15, 0.2) is 200 Å². The van der Waals surface area contributed by atoms with Crippen molar-refractivity contribution in [3.05, 3.63) is 200 Å². The van der Waals surface area contributed by atoms with Crippen LogP contribution in [0.2, 0.25) is 0 Å². The summed E-state index contributed by atoms with van der Waals surface area (Å²) in [5.74, 6) is 2.91. The van der Waals surface area contributed by atoms with Gasteiger partial charge in [0.25, 0.3) is 0 Å². The number of rotatable bonds is 5. The Hall–Kier alpha value is -7.36. The van der Waals surface area contributed by atoms with E-state index in [1.807, 2.05) is 30.3 Å². The van der Waals surface area contributed by atoms with E-state index in [4.69, 9.17) is 9.47 Å². The third-order valence-corrected chi connectivity index (χ3v) is 10.9. The number of hydrogen-bond acceptors (Lipinski definition) is 3. The lowest BCUT2D eigenvalue weighted by molar-refractivity contribution is 0.439. The Kier molecular flexibility index (Phi) is 7.17. The third kappa shape index (κ3) is 5.28. The third-order valence-electron chi connectivity index (χ3n) is 10.9. The standard InChI is InChI=1S/C52H33NO2/c1-2-10-34(11-3-1)35-20-22-36(23-21-35)37-24-26-39(27-25-37)53(40-28-30-46-44-16-5-4-14-42(44)43-15-6-7-17-45(43)47(46)32-40)41-29-31-48-51(33-41)55-50-19-9-13-38-12-8-18-49(54-48)52(38)50/h1-33H. The number of benzene rings is 10. The van der Waals surface area contributed by atoms with Gasteiger partial charge in [0.1, 0.15) is 11.5 Å². The topological polar surface area (TPSA) is 21.7 Å². The Morgan fingerprint density at radius 3 is 1.35 bits per heavy atom. The molecule has 0 spiro atoms. The summed E-state index contributed by atoms with van der Waals surface area (Å²) >= 11 is 0. The van der Waals surface area contributed by atoms with Crippen molar-refractivity contribution in [2.45, 2.75) is 0 Å². The molecule has 55 heavy (non-hydrogen) atoms. The maximum Gasteiger partial charge on any atom is 0.172 e. The summed E-state index contributed by atoms with van der Waals surface area (Å²) in [4.78, 5) is 2.31. The number of fused-ring (bicyclic) bond motifs is 7. The van der Waals surface area contributed by atoms with Crippen molar-refractivity contribution in [1.82, 2.24) is 0 Å². The van der Waals surface area contributed by atoms with E-state index in [9.17, 15) is 0 Å². The van der Waals surface area contributed by atoms with Gasteiger partial charge < -0.3 is 14.4 Å². The van der Waals surface area contributed by atoms with Crippen molar-refractivity contribution in [1.29, 1.82) is 0 Å². The molecule has 0 aliphatic carbocycles. The van der Waals surface area contributed by atoms with Crippen LogP contribution in [0.25, 0.3) is 65.3 Å². The van der Waals surface area contributed by atoms with Crippen LogP contribution in [0.3, 0.4) is 0 Å². The van der Waals surface area contributed by atoms with Gasteiger partial charge in [0, 0.05) is 17.4 Å². The fraction of sp³-hybridized carbons (Fsp3) is 0. The van der Waals surface area contributed by atoms with E-state index in [1.165, 1.54) is 49.0 Å². The van der Waals surface area contributed by atoms with Crippen molar-refractivity contribution < 1.29 is 9.47 Å². The number of ether oxygens (including phenoxy) is 2. The van der Waals surface area contributed by atoms with Crippen LogP contribution in [-0.4, -0.2) is 0 Å². The van der Waals surface area contributed by atoms with Crippen molar-refractivity contribution in [3.63, 3.8) is 0 Å². The Balaban J connectivity index is 1.06. The lowest BCUT2D eigenvalue weighted by atomic mass is 9.94. The second-order valence-corrected chi connectivity index (χ2v) is 14.1. The minimum absolute atomic E-state index is 0.665. The summed E-state index contributed by atoms with van der Waals surface area (Å²) in [6.45, 7) is 0. The first-order valence-electron chi connectivity index (χ1n) is 18.7. The zero-order valence-corrected chi connectivity index (χ0v) is 29.8. The Labute approximate surface area is 318 Å². The van der Waals surface area contributed by atoms with Crippen LogP contribution >= 0.6 is 0 Å². The Bertz CT molecular complexity index is 3040. The molecule has 0 saturated carbocycles. The van der Waals surface area contributed by atoms with Gasteiger partial charge in [-0.1, -0.05) is 146 Å². The summed E-state index contributed by atoms with van der Waals surface area (Å²) in [5.41, 5.74) is 7.80. The van der Waals surface area contributed by atoms with Gasteiger partial charge in [0.15, 0.2) is 11.5 Å². The molecule has 258 valence electrons. The first-order chi connectivity index (χ1) is 27.2. The highest BCUT2D eigenvalue weighted by molar-refractivity contribution is 6.25. The average molecular weight is 704 g/mol. The molecule has 0 aromatic heterocycles. The number of anilines is 3. The molecular formula is C52H33NO2. The Morgan fingerprint density at radius 2 is 0.727 bits per heavy atom. The van der Waals surface area contributed by atoms with Crippen LogP contribution < -0.4 is 14.4 Å². The van der Waals surface area contributed by atoms with Crippen molar-refractivity contribution in [2.75, 3.05) is 4.90 Å². The molecule has 1 heterocycles. The van der Waals surface area contributed by atoms with Crippen LogP contribution in [0, 0.1) is 0 Å². The molecule has 3 nitrogen and oxygen atoms in total. The number of hydrogen-bond donors (Lipinski definition) is 0. The van der Waals surface area contributed by atoms with Gasteiger partial charge in [-0.3, -0.25) is 0 Å². The monoisotopic (exact) mass is 703 g/mol. The second-order valence-electron chi connectivity index (χ2n) is 14.1. The molecule has 0 atom stereocenters. The number of nitrogens with zero attached hydrogens (tertiary/aromatic N) is 1.